The Morgan fingerprint density at radius 2 is 1.67 bits per heavy atom. The van der Waals surface area contributed by atoms with E-state index in [1.807, 2.05) is 6.92 Å². The topological polar surface area (TPSA) is 91.7 Å². The van der Waals surface area contributed by atoms with Crippen LogP contribution in [-0.2, 0) is 14.9 Å². The van der Waals surface area contributed by atoms with Gasteiger partial charge in [-0.15, -0.1) is 0 Å². The lowest BCUT2D eigenvalue weighted by Crippen LogP contribution is -2.45. The summed E-state index contributed by atoms with van der Waals surface area (Å²) in [6, 6.07) is 0. The van der Waals surface area contributed by atoms with Gasteiger partial charge in [-0.2, -0.15) is 8.42 Å². The van der Waals surface area contributed by atoms with Crippen LogP contribution < -0.4 is 0 Å². The highest BCUT2D eigenvalue weighted by Crippen LogP contribution is 2.40. The molecule has 0 rings (SSSR count). The summed E-state index contributed by atoms with van der Waals surface area (Å²) in [7, 11) is -4.58. The molecule has 6 heteroatoms. The van der Waals surface area contributed by atoms with E-state index in [0.29, 0.717) is 19.3 Å². The third-order valence-electron chi connectivity index (χ3n) is 3.76. The van der Waals surface area contributed by atoms with Crippen molar-refractivity contribution in [1.29, 1.82) is 0 Å². The highest BCUT2D eigenvalue weighted by atomic mass is 32.2. The monoisotopic (exact) mass is 280 g/mol. The summed E-state index contributed by atoms with van der Waals surface area (Å²) >= 11 is 0. The van der Waals surface area contributed by atoms with Crippen LogP contribution >= 0.6 is 0 Å². The van der Waals surface area contributed by atoms with Gasteiger partial charge in [0, 0.05) is 0 Å². The molecule has 0 heterocycles. The summed E-state index contributed by atoms with van der Waals surface area (Å²) in [5.74, 6) is -1.46. The molecule has 2 N–H and O–H groups in total. The SMILES string of the molecule is CCCCCC(CC)(CC)C(C(=O)O)S(=O)(=O)O. The summed E-state index contributed by atoms with van der Waals surface area (Å²) in [5, 5.41) is 7.40. The van der Waals surface area contributed by atoms with E-state index in [4.69, 9.17) is 5.11 Å². The zero-order valence-electron chi connectivity index (χ0n) is 11.3. The number of carbonyl (C=O) groups is 1. The standard InChI is InChI=1S/C12H24O5S/c1-4-7-8-9-12(5-2,6-3)10(11(13)14)18(15,16)17/h10H,4-9H2,1-3H3,(H,13,14)(H,15,16,17). The summed E-state index contributed by atoms with van der Waals surface area (Å²) < 4.78 is 31.9. The number of aliphatic carboxylic acids is 1. The van der Waals surface area contributed by atoms with Gasteiger partial charge in [0.2, 0.25) is 0 Å². The fourth-order valence-electron chi connectivity index (χ4n) is 2.54. The van der Waals surface area contributed by atoms with Crippen molar-refractivity contribution >= 4 is 16.1 Å². The quantitative estimate of drug-likeness (QED) is 0.500. The van der Waals surface area contributed by atoms with Gasteiger partial charge in [-0.3, -0.25) is 9.35 Å². The van der Waals surface area contributed by atoms with Crippen molar-refractivity contribution in [3.8, 4) is 0 Å². The van der Waals surface area contributed by atoms with Crippen molar-refractivity contribution in [3.05, 3.63) is 0 Å². The van der Waals surface area contributed by atoms with Crippen LogP contribution in [0.15, 0.2) is 0 Å². The van der Waals surface area contributed by atoms with E-state index in [0.717, 1.165) is 19.3 Å². The maximum Gasteiger partial charge on any atom is 0.324 e. The minimum Gasteiger partial charge on any atom is -0.480 e. The van der Waals surface area contributed by atoms with Gasteiger partial charge >= 0.3 is 5.97 Å². The van der Waals surface area contributed by atoms with Crippen LogP contribution in [0.5, 0.6) is 0 Å². The van der Waals surface area contributed by atoms with Crippen LogP contribution in [0.2, 0.25) is 0 Å². The molecule has 18 heavy (non-hydrogen) atoms. The molecule has 0 spiro atoms. The highest BCUT2D eigenvalue weighted by molar-refractivity contribution is 7.87. The van der Waals surface area contributed by atoms with Crippen molar-refractivity contribution in [2.24, 2.45) is 5.41 Å². The van der Waals surface area contributed by atoms with Crippen molar-refractivity contribution in [3.63, 3.8) is 0 Å². The molecule has 0 aromatic carbocycles. The van der Waals surface area contributed by atoms with Gasteiger partial charge in [0.15, 0.2) is 5.25 Å². The number of hydrogen-bond donors (Lipinski definition) is 2. The van der Waals surface area contributed by atoms with E-state index in [-0.39, 0.29) is 0 Å². The molecule has 5 nitrogen and oxygen atoms in total. The largest absolute Gasteiger partial charge is 0.480 e. The van der Waals surface area contributed by atoms with Crippen LogP contribution in [0.4, 0.5) is 0 Å². The zero-order chi connectivity index (χ0) is 14.4. The van der Waals surface area contributed by atoms with Gasteiger partial charge in [-0.25, -0.2) is 0 Å². The third-order valence-corrected chi connectivity index (χ3v) is 5.06. The lowest BCUT2D eigenvalue weighted by atomic mass is 9.74. The molecular formula is C12H24O5S. The summed E-state index contributed by atoms with van der Waals surface area (Å²) in [6.45, 7) is 5.57. The first-order chi connectivity index (χ1) is 8.25. The van der Waals surface area contributed by atoms with Crippen molar-refractivity contribution in [1.82, 2.24) is 0 Å². The van der Waals surface area contributed by atoms with Gasteiger partial charge in [0.05, 0.1) is 0 Å². The molecule has 0 fully saturated rings. The van der Waals surface area contributed by atoms with Gasteiger partial charge in [0.1, 0.15) is 0 Å². The van der Waals surface area contributed by atoms with Crippen LogP contribution in [0.1, 0.15) is 59.3 Å². The Morgan fingerprint density at radius 1 is 1.17 bits per heavy atom. The molecule has 0 bridgehead atoms. The fraction of sp³-hybridized carbons (Fsp3) is 0.917. The summed E-state index contributed by atoms with van der Waals surface area (Å²) in [6.07, 6.45) is 4.03. The van der Waals surface area contributed by atoms with E-state index in [1.54, 1.807) is 13.8 Å². The summed E-state index contributed by atoms with van der Waals surface area (Å²) in [5.41, 5.74) is -0.880. The summed E-state index contributed by atoms with van der Waals surface area (Å²) in [4.78, 5) is 11.2. The molecular weight excluding hydrogens is 256 g/mol. The zero-order valence-corrected chi connectivity index (χ0v) is 12.2. The Labute approximate surface area is 109 Å². The van der Waals surface area contributed by atoms with E-state index in [2.05, 4.69) is 0 Å². The first-order valence-corrected chi connectivity index (χ1v) is 7.94. The minimum atomic E-state index is -4.58. The van der Waals surface area contributed by atoms with E-state index in [1.165, 1.54) is 0 Å². The predicted octanol–water partition coefficient (Wildman–Crippen LogP) is 2.71. The van der Waals surface area contributed by atoms with Gasteiger partial charge in [-0.1, -0.05) is 40.0 Å². The number of carboxylic acids is 1. The Hall–Kier alpha value is -0.620. The average molecular weight is 280 g/mol. The Balaban J connectivity index is 5.32. The molecule has 0 amide bonds. The highest BCUT2D eigenvalue weighted by Gasteiger charge is 2.47. The predicted molar refractivity (Wildman–Crippen MR) is 70.1 cm³/mol. The third kappa shape index (κ3) is 4.24. The van der Waals surface area contributed by atoms with E-state index >= 15 is 0 Å². The van der Waals surface area contributed by atoms with Crippen molar-refractivity contribution in [2.75, 3.05) is 0 Å². The maximum atomic E-state index is 11.3. The Kier molecular flexibility index (Phi) is 6.84. The first kappa shape index (κ1) is 17.4. The lowest BCUT2D eigenvalue weighted by molar-refractivity contribution is -0.139. The van der Waals surface area contributed by atoms with Crippen LogP contribution in [0, 0.1) is 5.41 Å². The molecule has 1 atom stereocenters. The lowest BCUT2D eigenvalue weighted by Gasteiger charge is -2.35. The molecule has 0 aliphatic heterocycles. The second-order valence-corrected chi connectivity index (χ2v) is 6.26. The van der Waals surface area contributed by atoms with E-state index in [9.17, 15) is 17.8 Å². The molecule has 1 unspecified atom stereocenters. The van der Waals surface area contributed by atoms with Gasteiger partial charge < -0.3 is 5.11 Å². The van der Waals surface area contributed by atoms with Gasteiger partial charge in [0.25, 0.3) is 10.1 Å². The molecule has 0 aliphatic carbocycles. The van der Waals surface area contributed by atoms with Gasteiger partial charge in [-0.05, 0) is 24.7 Å². The molecule has 0 saturated carbocycles. The molecule has 0 saturated heterocycles. The molecule has 0 aliphatic rings. The second-order valence-electron chi connectivity index (χ2n) is 4.76. The van der Waals surface area contributed by atoms with Crippen molar-refractivity contribution in [2.45, 2.75) is 64.5 Å². The number of rotatable bonds is 9. The van der Waals surface area contributed by atoms with Crippen LogP contribution in [0.3, 0.4) is 0 Å². The minimum absolute atomic E-state index is 0.421. The van der Waals surface area contributed by atoms with Crippen molar-refractivity contribution < 1.29 is 22.9 Å². The fourth-order valence-corrected chi connectivity index (χ4v) is 3.88. The first-order valence-electron chi connectivity index (χ1n) is 6.44. The smallest absolute Gasteiger partial charge is 0.324 e. The molecule has 0 aromatic rings. The Morgan fingerprint density at radius 3 is 1.94 bits per heavy atom. The number of unbranched alkanes of at least 4 members (excludes halogenated alkanes) is 2. The number of hydrogen-bond acceptors (Lipinski definition) is 3. The van der Waals surface area contributed by atoms with E-state index < -0.39 is 26.8 Å². The second kappa shape index (κ2) is 7.09. The average Bonchev–Trinajstić information content (AvgIpc) is 2.25. The molecule has 108 valence electrons. The Bertz CT molecular complexity index is 357. The molecule has 0 radical (unpaired) electrons. The number of carboxylic acid groups (broad SMARTS) is 1. The normalized spacial score (nSPS) is 14.4. The molecule has 0 aromatic heterocycles. The van der Waals surface area contributed by atoms with Crippen LogP contribution in [0.25, 0.3) is 0 Å². The van der Waals surface area contributed by atoms with Crippen LogP contribution in [-0.4, -0.2) is 29.3 Å². The maximum absolute atomic E-state index is 11.3.